The van der Waals surface area contributed by atoms with Gasteiger partial charge in [-0.3, -0.25) is 0 Å². The van der Waals surface area contributed by atoms with Crippen molar-refractivity contribution in [3.63, 3.8) is 0 Å². The molecule has 12 atom stereocenters. The first-order valence-corrected chi connectivity index (χ1v) is 34.6. The van der Waals surface area contributed by atoms with Gasteiger partial charge in [-0.15, -0.1) is 11.8 Å². The Balaban J connectivity index is 1.11. The van der Waals surface area contributed by atoms with Crippen LogP contribution in [0.1, 0.15) is 114 Å². The lowest BCUT2D eigenvalue weighted by molar-refractivity contribution is -0.361. The zero-order chi connectivity index (χ0) is 61.0. The first-order chi connectivity index (χ1) is 43.1. The first kappa shape index (κ1) is 65.4. The molecule has 0 bridgehead atoms. The summed E-state index contributed by atoms with van der Waals surface area (Å²) in [5.74, 6) is 1.39. The molecule has 3 saturated heterocycles. The maximum Gasteiger partial charge on any atom is 0.261 e. The van der Waals surface area contributed by atoms with Crippen LogP contribution in [0.15, 0.2) is 206 Å². The Morgan fingerprint density at radius 2 is 1.07 bits per heavy atom. The molecule has 10 rings (SSSR count). The Labute approximate surface area is 527 Å². The van der Waals surface area contributed by atoms with E-state index in [4.69, 9.17) is 56.5 Å². The van der Waals surface area contributed by atoms with Crippen molar-refractivity contribution >= 4 is 30.5 Å². The fourth-order valence-electron chi connectivity index (χ4n) is 12.2. The van der Waals surface area contributed by atoms with Crippen LogP contribution in [0.25, 0.3) is 0 Å². The highest BCUT2D eigenvalue weighted by molar-refractivity contribution is 7.99. The van der Waals surface area contributed by atoms with E-state index in [1.165, 1.54) is 19.3 Å². The molecule has 14 heteroatoms. The van der Waals surface area contributed by atoms with Gasteiger partial charge in [-0.1, -0.05) is 261 Å². The number of benzene rings is 7. The summed E-state index contributed by atoms with van der Waals surface area (Å²) in [6, 6.07) is 69.9. The summed E-state index contributed by atoms with van der Waals surface area (Å²) >= 11 is 1.66. The predicted octanol–water partition coefficient (Wildman–Crippen LogP) is 14.5. The monoisotopic (exact) mass is 1230 g/mol. The number of hydrogen-bond donors (Lipinski definition) is 0. The fraction of sp³-hybridized carbons (Fsp3) is 0.432. The minimum Gasteiger partial charge on any atom is -0.497 e. The zero-order valence-electron chi connectivity index (χ0n) is 52.1. The second-order valence-electron chi connectivity index (χ2n) is 23.9. The molecule has 3 aliphatic heterocycles. The van der Waals surface area contributed by atoms with Crippen molar-refractivity contribution in [2.75, 3.05) is 32.7 Å². The van der Waals surface area contributed by atoms with Crippen molar-refractivity contribution in [1.82, 2.24) is 0 Å². The highest BCUT2D eigenvalue weighted by Gasteiger charge is 2.59. The van der Waals surface area contributed by atoms with E-state index >= 15 is 0 Å². The Kier molecular flexibility index (Phi) is 24.5. The summed E-state index contributed by atoms with van der Waals surface area (Å²) in [4.78, 5) is 0. The van der Waals surface area contributed by atoms with E-state index in [9.17, 15) is 0 Å². The Hall–Kier alpha value is -5.53. The Bertz CT molecular complexity index is 3020. The molecule has 3 heterocycles. The van der Waals surface area contributed by atoms with Crippen molar-refractivity contribution in [1.29, 1.82) is 0 Å². The lowest BCUT2D eigenvalue weighted by atomic mass is 9.97. The Morgan fingerprint density at radius 1 is 0.534 bits per heavy atom. The highest BCUT2D eigenvalue weighted by atomic mass is 32.2. The van der Waals surface area contributed by atoms with Crippen molar-refractivity contribution in [2.45, 2.75) is 171 Å². The number of thioether (sulfide) groups is 1. The van der Waals surface area contributed by atoms with Crippen LogP contribution in [0.2, 0.25) is 5.04 Å². The molecule has 7 aromatic carbocycles. The second kappa shape index (κ2) is 33.0. The smallest absolute Gasteiger partial charge is 0.261 e. The van der Waals surface area contributed by atoms with E-state index < -0.39 is 86.5 Å². The van der Waals surface area contributed by atoms with Gasteiger partial charge in [-0.25, -0.2) is 0 Å². The molecule has 3 aliphatic rings. The number of hydrogen-bond acceptors (Lipinski definition) is 13. The van der Waals surface area contributed by atoms with Gasteiger partial charge in [0.2, 0.25) is 0 Å². The van der Waals surface area contributed by atoms with E-state index in [1.54, 1.807) is 18.9 Å². The average molecular weight is 1230 g/mol. The van der Waals surface area contributed by atoms with Crippen LogP contribution in [0.5, 0.6) is 5.75 Å². The quantitative estimate of drug-likeness (QED) is 0.0234. The van der Waals surface area contributed by atoms with Gasteiger partial charge in [0.15, 0.2) is 18.9 Å². The SMILES string of the molecule is CCCCCCCCO[C@@H]1O[C@H](COCc2ccccc2)[C@@H](O[C@@H](O[C@H]2[C@@H](O[Si](c3ccccc3)(c3ccccc3)C(C)(C)C)[C@@H]3O[C@H](c4ccccc4)OC[C@H]3O[C@@H]2SCC)c2ccc(OC)cc2)[C@H](OCc2ccccc2)[C@H]1OCc1ccccc1. The minimum atomic E-state index is -3.39. The third kappa shape index (κ3) is 16.9. The molecular weight excluding hydrogens is 1140 g/mol. The van der Waals surface area contributed by atoms with E-state index in [1.807, 2.05) is 109 Å². The van der Waals surface area contributed by atoms with Gasteiger partial charge >= 0.3 is 0 Å². The van der Waals surface area contributed by atoms with Crippen molar-refractivity contribution in [3.05, 3.63) is 234 Å². The summed E-state index contributed by atoms with van der Waals surface area (Å²) in [7, 11) is -1.72. The molecule has 0 unspecified atom stereocenters. The van der Waals surface area contributed by atoms with Gasteiger partial charge in [0.05, 0.1) is 40.1 Å². The zero-order valence-corrected chi connectivity index (χ0v) is 53.9. The lowest BCUT2D eigenvalue weighted by Gasteiger charge is -2.54. The summed E-state index contributed by atoms with van der Waals surface area (Å²) < 4.78 is 86.5. The van der Waals surface area contributed by atoms with Crippen LogP contribution >= 0.6 is 11.8 Å². The number of fused-ring (bicyclic) bond motifs is 1. The van der Waals surface area contributed by atoms with Gasteiger partial charge in [0, 0.05) is 17.7 Å². The van der Waals surface area contributed by atoms with Crippen LogP contribution in [0.3, 0.4) is 0 Å². The first-order valence-electron chi connectivity index (χ1n) is 31.7. The van der Waals surface area contributed by atoms with Crippen molar-refractivity contribution in [2.24, 2.45) is 0 Å². The summed E-state index contributed by atoms with van der Waals surface area (Å²) in [6.45, 7) is 13.0. The largest absolute Gasteiger partial charge is 0.497 e. The van der Waals surface area contributed by atoms with Crippen molar-refractivity contribution in [3.8, 4) is 5.75 Å². The molecular formula is C74H90O12SSi. The van der Waals surface area contributed by atoms with E-state index in [-0.39, 0.29) is 26.4 Å². The fourth-order valence-corrected chi connectivity index (χ4v) is 17.8. The predicted molar refractivity (Wildman–Crippen MR) is 349 cm³/mol. The van der Waals surface area contributed by atoms with Gasteiger partial charge in [-0.05, 0) is 56.4 Å². The van der Waals surface area contributed by atoms with Gasteiger partial charge in [-0.2, -0.15) is 0 Å². The minimum absolute atomic E-state index is 0.126. The van der Waals surface area contributed by atoms with E-state index in [0.29, 0.717) is 24.7 Å². The van der Waals surface area contributed by atoms with Crippen molar-refractivity contribution < 1.29 is 56.5 Å². The number of unbranched alkanes of at least 4 members (excludes halogenated alkanes) is 5. The normalized spacial score (nSPS) is 24.3. The van der Waals surface area contributed by atoms with Crippen LogP contribution in [-0.4, -0.2) is 102 Å². The molecule has 0 aliphatic carbocycles. The summed E-state index contributed by atoms with van der Waals surface area (Å²) in [5.41, 5.74) is 4.04. The maximum absolute atomic E-state index is 8.38. The number of methoxy groups -OCH3 is 1. The molecule has 0 aromatic heterocycles. The van der Waals surface area contributed by atoms with Crippen LogP contribution < -0.4 is 15.1 Å². The molecule has 3 fully saturated rings. The molecule has 12 nitrogen and oxygen atoms in total. The van der Waals surface area contributed by atoms with Gasteiger partial charge in [0.25, 0.3) is 8.32 Å². The van der Waals surface area contributed by atoms with Crippen LogP contribution in [-0.2, 0) is 71.6 Å². The van der Waals surface area contributed by atoms with Crippen LogP contribution in [0.4, 0.5) is 0 Å². The lowest BCUT2D eigenvalue weighted by Crippen LogP contribution is -2.72. The molecule has 0 N–H and O–H groups in total. The van der Waals surface area contributed by atoms with Crippen LogP contribution in [0, 0.1) is 0 Å². The third-order valence-electron chi connectivity index (χ3n) is 16.7. The van der Waals surface area contributed by atoms with E-state index in [0.717, 1.165) is 57.5 Å². The molecule has 88 heavy (non-hydrogen) atoms. The maximum atomic E-state index is 8.38. The molecule has 0 spiro atoms. The average Bonchev–Trinajstić information content (AvgIpc) is 0.926. The summed E-state index contributed by atoms with van der Waals surface area (Å²) in [5, 5.41) is 1.82. The molecule has 0 amide bonds. The third-order valence-corrected chi connectivity index (χ3v) is 22.8. The molecule has 468 valence electrons. The molecule has 0 saturated carbocycles. The van der Waals surface area contributed by atoms with E-state index in [2.05, 4.69) is 132 Å². The highest BCUT2D eigenvalue weighted by Crippen LogP contribution is 2.46. The van der Waals surface area contributed by atoms with Gasteiger partial charge < -0.3 is 56.5 Å². The number of rotatable bonds is 31. The second-order valence-corrected chi connectivity index (χ2v) is 29.6. The number of ether oxygens (including phenoxy) is 11. The molecule has 0 radical (unpaired) electrons. The van der Waals surface area contributed by atoms with Gasteiger partial charge in [0.1, 0.15) is 60.0 Å². The Morgan fingerprint density at radius 3 is 1.64 bits per heavy atom. The topological polar surface area (TPSA) is 111 Å². The standard InChI is InChI=1S/C74H90O12SSi/c1-7-9-10-11-12-31-48-77-72-68(79-51-56-36-23-15-24-37-56)66(78-50-55-34-21-14-22-35-55)64(62(81-72)52-76-49-54-32-19-13-20-33-54)84-71(58-44-46-59(75-6)47-45-58)85-69-67(65-63(82-73(69)87-8-2)53-80-70(83-65)57-38-25-16-26-39-57)86-88(74(3,4)5,60-40-27-17-28-41-60)61-42-29-18-30-43-61/h13-30,32-47,62-73H,7-12,31,48-53H2,1-6H3/t62-,63-,64-,65-,66+,67+,68-,69+,70-,71+,72-,73-/m1/s1. The summed E-state index contributed by atoms with van der Waals surface area (Å²) in [6.07, 6.45) is -2.04. The molecule has 7 aromatic rings.